The lowest BCUT2D eigenvalue weighted by molar-refractivity contribution is 0.102. The molecule has 92 valence electrons. The number of aromatic nitrogens is 2. The number of hydrogen-bond donors (Lipinski definition) is 2. The third-order valence-corrected chi connectivity index (χ3v) is 2.99. The molecule has 5 nitrogen and oxygen atoms in total. The molecule has 7 heteroatoms. The van der Waals surface area contributed by atoms with Gasteiger partial charge in [-0.3, -0.25) is 9.59 Å². The van der Waals surface area contributed by atoms with Crippen LogP contribution in [0.2, 0.25) is 5.02 Å². The Kier molecular flexibility index (Phi) is 3.78. The molecule has 1 aromatic heterocycles. The molecule has 0 bridgehead atoms. The Balaban J connectivity index is 2.22. The van der Waals surface area contributed by atoms with Crippen molar-refractivity contribution in [1.29, 1.82) is 0 Å². The van der Waals surface area contributed by atoms with Crippen LogP contribution in [0.4, 0.5) is 5.82 Å². The van der Waals surface area contributed by atoms with E-state index in [1.807, 2.05) is 0 Å². The molecule has 1 heterocycles. The number of carbonyl (C=O) groups is 1. The summed E-state index contributed by atoms with van der Waals surface area (Å²) in [7, 11) is 0. The van der Waals surface area contributed by atoms with E-state index in [1.165, 1.54) is 12.1 Å². The number of benzene rings is 1. The quantitative estimate of drug-likeness (QED) is 0.889. The first-order valence-electron chi connectivity index (χ1n) is 4.88. The number of hydrogen-bond acceptors (Lipinski definition) is 3. The van der Waals surface area contributed by atoms with Gasteiger partial charge in [0.1, 0.15) is 0 Å². The molecular formula is C11H7BrClN3O2. The molecule has 0 aliphatic rings. The molecule has 2 aromatic rings. The summed E-state index contributed by atoms with van der Waals surface area (Å²) in [6.07, 6.45) is 0. The number of H-pyrrole nitrogens is 1. The fourth-order valence-electron chi connectivity index (χ4n) is 1.27. The van der Waals surface area contributed by atoms with E-state index < -0.39 is 0 Å². The van der Waals surface area contributed by atoms with Crippen molar-refractivity contribution >= 4 is 39.3 Å². The minimum absolute atomic E-state index is 0.265. The first-order chi connectivity index (χ1) is 8.56. The number of nitrogens with zero attached hydrogens (tertiary/aromatic N) is 1. The van der Waals surface area contributed by atoms with Crippen LogP contribution < -0.4 is 10.9 Å². The second-order valence-corrected chi connectivity index (χ2v) is 4.68. The van der Waals surface area contributed by atoms with Crippen molar-refractivity contribution in [2.75, 3.05) is 5.32 Å². The minimum Gasteiger partial charge on any atom is -0.305 e. The van der Waals surface area contributed by atoms with Crippen LogP contribution in [0.25, 0.3) is 0 Å². The summed E-state index contributed by atoms with van der Waals surface area (Å²) in [6, 6.07) is 7.52. The number of nitrogens with one attached hydrogen (secondary N) is 2. The van der Waals surface area contributed by atoms with Gasteiger partial charge in [-0.05, 0) is 40.2 Å². The summed E-state index contributed by atoms with van der Waals surface area (Å²) in [5.41, 5.74) is 0.0908. The molecule has 1 aromatic carbocycles. The topological polar surface area (TPSA) is 74.8 Å². The van der Waals surface area contributed by atoms with Gasteiger partial charge in [0.15, 0.2) is 5.82 Å². The number of anilines is 1. The first-order valence-corrected chi connectivity index (χ1v) is 6.05. The molecule has 0 fully saturated rings. The molecule has 0 aliphatic carbocycles. The van der Waals surface area contributed by atoms with Gasteiger partial charge in [0.05, 0.1) is 5.56 Å². The van der Waals surface area contributed by atoms with Gasteiger partial charge >= 0.3 is 0 Å². The Bertz CT molecular complexity index is 636. The van der Waals surface area contributed by atoms with E-state index in [-0.39, 0.29) is 17.3 Å². The fourth-order valence-corrected chi connectivity index (χ4v) is 2.13. The van der Waals surface area contributed by atoms with Gasteiger partial charge in [0, 0.05) is 15.6 Å². The van der Waals surface area contributed by atoms with Crippen molar-refractivity contribution < 1.29 is 4.79 Å². The zero-order valence-electron chi connectivity index (χ0n) is 8.91. The molecule has 0 saturated carbocycles. The Morgan fingerprint density at radius 2 is 2.11 bits per heavy atom. The maximum Gasteiger partial charge on any atom is 0.264 e. The van der Waals surface area contributed by atoms with E-state index in [1.54, 1.807) is 18.2 Å². The third-order valence-electron chi connectivity index (χ3n) is 2.10. The van der Waals surface area contributed by atoms with Crippen molar-refractivity contribution in [2.45, 2.75) is 0 Å². The fraction of sp³-hybridized carbons (Fsp3) is 0. The molecule has 0 atom stereocenters. The summed E-state index contributed by atoms with van der Waals surface area (Å²) in [5, 5.41) is 8.99. The summed E-state index contributed by atoms with van der Waals surface area (Å²) >= 11 is 9.03. The first kappa shape index (κ1) is 12.8. The van der Waals surface area contributed by atoms with Crippen LogP contribution >= 0.6 is 27.5 Å². The molecule has 18 heavy (non-hydrogen) atoms. The Morgan fingerprint density at radius 3 is 2.72 bits per heavy atom. The molecule has 0 radical (unpaired) electrons. The normalized spacial score (nSPS) is 10.1. The van der Waals surface area contributed by atoms with E-state index in [2.05, 4.69) is 31.4 Å². The van der Waals surface area contributed by atoms with Gasteiger partial charge in [0.2, 0.25) is 0 Å². The van der Waals surface area contributed by atoms with Crippen LogP contribution in [0.15, 0.2) is 39.6 Å². The summed E-state index contributed by atoms with van der Waals surface area (Å²) in [5.74, 6) is -0.0838. The second kappa shape index (κ2) is 5.32. The highest BCUT2D eigenvalue weighted by atomic mass is 79.9. The van der Waals surface area contributed by atoms with Gasteiger partial charge in [-0.15, -0.1) is 0 Å². The lowest BCUT2D eigenvalue weighted by Crippen LogP contribution is -2.16. The van der Waals surface area contributed by atoms with Gasteiger partial charge in [-0.25, -0.2) is 5.10 Å². The Hall–Kier alpha value is -1.66. The predicted molar refractivity (Wildman–Crippen MR) is 72.0 cm³/mol. The SMILES string of the molecule is O=C(Nc1ccc(=O)[nH]n1)c1ccc(Cl)cc1Br. The Labute approximate surface area is 115 Å². The zero-order chi connectivity index (χ0) is 13.1. The van der Waals surface area contributed by atoms with Gasteiger partial charge in [-0.2, -0.15) is 5.10 Å². The molecule has 2 N–H and O–H groups in total. The smallest absolute Gasteiger partial charge is 0.264 e. The molecule has 0 unspecified atom stereocenters. The molecule has 0 spiro atoms. The van der Waals surface area contributed by atoms with E-state index in [9.17, 15) is 9.59 Å². The number of carbonyl (C=O) groups excluding carboxylic acids is 1. The van der Waals surface area contributed by atoms with Crippen LogP contribution in [0.5, 0.6) is 0 Å². The number of amides is 1. The van der Waals surface area contributed by atoms with Crippen LogP contribution in [0.1, 0.15) is 10.4 Å². The highest BCUT2D eigenvalue weighted by Crippen LogP contribution is 2.22. The zero-order valence-corrected chi connectivity index (χ0v) is 11.2. The Morgan fingerprint density at radius 1 is 1.33 bits per heavy atom. The van der Waals surface area contributed by atoms with E-state index in [4.69, 9.17) is 11.6 Å². The van der Waals surface area contributed by atoms with Crippen LogP contribution in [-0.2, 0) is 0 Å². The molecule has 0 aliphatic heterocycles. The second-order valence-electron chi connectivity index (χ2n) is 3.38. The van der Waals surface area contributed by atoms with Crippen molar-refractivity contribution in [3.63, 3.8) is 0 Å². The lowest BCUT2D eigenvalue weighted by Gasteiger charge is -2.05. The third kappa shape index (κ3) is 2.96. The average molecular weight is 329 g/mol. The predicted octanol–water partition coefficient (Wildman–Crippen LogP) is 2.44. The van der Waals surface area contributed by atoms with Crippen LogP contribution in [0, 0.1) is 0 Å². The number of aromatic amines is 1. The standard InChI is InChI=1S/C11H7BrClN3O2/c12-8-5-6(13)1-2-7(8)11(18)14-9-3-4-10(17)16-15-9/h1-5H,(H,16,17)(H,14,15,18). The summed E-state index contributed by atoms with van der Waals surface area (Å²) < 4.78 is 0.580. The van der Waals surface area contributed by atoms with Crippen LogP contribution in [-0.4, -0.2) is 16.1 Å². The molecule has 0 saturated heterocycles. The highest BCUT2D eigenvalue weighted by Gasteiger charge is 2.11. The summed E-state index contributed by atoms with van der Waals surface area (Å²) in [4.78, 5) is 22.7. The van der Waals surface area contributed by atoms with Crippen molar-refractivity contribution in [3.05, 3.63) is 55.7 Å². The molecular weight excluding hydrogens is 321 g/mol. The van der Waals surface area contributed by atoms with E-state index >= 15 is 0 Å². The molecule has 2 rings (SSSR count). The van der Waals surface area contributed by atoms with E-state index in [0.29, 0.717) is 15.1 Å². The van der Waals surface area contributed by atoms with Crippen molar-refractivity contribution in [1.82, 2.24) is 10.2 Å². The number of rotatable bonds is 2. The van der Waals surface area contributed by atoms with Gasteiger partial charge in [-0.1, -0.05) is 11.6 Å². The monoisotopic (exact) mass is 327 g/mol. The largest absolute Gasteiger partial charge is 0.305 e. The van der Waals surface area contributed by atoms with Crippen molar-refractivity contribution in [2.24, 2.45) is 0 Å². The minimum atomic E-state index is -0.349. The maximum atomic E-state index is 11.9. The van der Waals surface area contributed by atoms with Crippen LogP contribution in [0.3, 0.4) is 0 Å². The van der Waals surface area contributed by atoms with Gasteiger partial charge in [0.25, 0.3) is 11.5 Å². The van der Waals surface area contributed by atoms with Crippen molar-refractivity contribution in [3.8, 4) is 0 Å². The summed E-state index contributed by atoms with van der Waals surface area (Å²) in [6.45, 7) is 0. The van der Waals surface area contributed by atoms with E-state index in [0.717, 1.165) is 0 Å². The lowest BCUT2D eigenvalue weighted by atomic mass is 10.2. The maximum absolute atomic E-state index is 11.9. The molecule has 1 amide bonds. The number of halogens is 2. The highest BCUT2D eigenvalue weighted by molar-refractivity contribution is 9.10. The average Bonchev–Trinajstić information content (AvgIpc) is 2.32. The van der Waals surface area contributed by atoms with Gasteiger partial charge < -0.3 is 5.32 Å².